The van der Waals surface area contributed by atoms with E-state index in [0.717, 1.165) is 36.4 Å². The molecule has 24 heavy (non-hydrogen) atoms. The van der Waals surface area contributed by atoms with Gasteiger partial charge in [0.05, 0.1) is 18.1 Å². The van der Waals surface area contributed by atoms with Crippen LogP contribution >= 0.6 is 0 Å². The second-order valence-corrected chi connectivity index (χ2v) is 6.64. The third-order valence-corrected chi connectivity index (χ3v) is 4.82. The summed E-state index contributed by atoms with van der Waals surface area (Å²) in [6.07, 6.45) is 3.35. The van der Waals surface area contributed by atoms with Gasteiger partial charge in [0, 0.05) is 5.69 Å². The lowest BCUT2D eigenvalue weighted by atomic mass is 9.88. The SMILES string of the molecule is Cc1ccc(Oc2ccc(NC(=O)C3CC4CCC3O4)cc2)cc1. The van der Waals surface area contributed by atoms with Gasteiger partial charge in [-0.15, -0.1) is 0 Å². The lowest BCUT2D eigenvalue weighted by molar-refractivity contribution is -0.121. The van der Waals surface area contributed by atoms with Crippen molar-refractivity contribution in [1.82, 2.24) is 0 Å². The van der Waals surface area contributed by atoms with Gasteiger partial charge in [-0.3, -0.25) is 4.79 Å². The highest BCUT2D eigenvalue weighted by Crippen LogP contribution is 2.39. The molecule has 124 valence electrons. The first kappa shape index (κ1) is 15.2. The van der Waals surface area contributed by atoms with E-state index in [-0.39, 0.29) is 24.0 Å². The number of fused-ring (bicyclic) bond motifs is 2. The molecule has 3 unspecified atom stereocenters. The van der Waals surface area contributed by atoms with Gasteiger partial charge in [0.25, 0.3) is 0 Å². The van der Waals surface area contributed by atoms with Gasteiger partial charge in [0.1, 0.15) is 11.5 Å². The summed E-state index contributed by atoms with van der Waals surface area (Å²) in [5.41, 5.74) is 1.99. The Balaban J connectivity index is 1.37. The smallest absolute Gasteiger partial charge is 0.230 e. The van der Waals surface area contributed by atoms with Crippen molar-refractivity contribution in [3.63, 3.8) is 0 Å². The van der Waals surface area contributed by atoms with E-state index in [1.54, 1.807) is 0 Å². The highest BCUT2D eigenvalue weighted by atomic mass is 16.5. The molecule has 2 saturated heterocycles. The van der Waals surface area contributed by atoms with Crippen LogP contribution in [0.1, 0.15) is 24.8 Å². The fraction of sp³-hybridized carbons (Fsp3) is 0.350. The first-order valence-electron chi connectivity index (χ1n) is 8.48. The summed E-state index contributed by atoms with van der Waals surface area (Å²) in [5, 5.41) is 2.99. The monoisotopic (exact) mass is 323 g/mol. The van der Waals surface area contributed by atoms with Gasteiger partial charge in [0.15, 0.2) is 0 Å². The zero-order valence-corrected chi connectivity index (χ0v) is 13.7. The molecule has 2 aliphatic heterocycles. The van der Waals surface area contributed by atoms with Crippen LogP contribution in [0, 0.1) is 12.8 Å². The number of carbonyl (C=O) groups is 1. The van der Waals surface area contributed by atoms with Crippen LogP contribution in [0.4, 0.5) is 5.69 Å². The number of carbonyl (C=O) groups excluding carboxylic acids is 1. The van der Waals surface area contributed by atoms with Crippen LogP contribution in [0.25, 0.3) is 0 Å². The summed E-state index contributed by atoms with van der Waals surface area (Å²) < 4.78 is 11.6. The fourth-order valence-electron chi connectivity index (χ4n) is 3.50. The number of benzene rings is 2. The Labute approximate surface area is 141 Å². The first-order chi connectivity index (χ1) is 11.7. The standard InChI is InChI=1S/C20H21NO3/c1-13-2-6-15(7-3-13)23-16-8-4-14(5-9-16)21-20(22)18-12-17-10-11-19(18)24-17/h2-9,17-19H,10-12H2,1H3,(H,21,22). The Morgan fingerprint density at radius 1 is 1.04 bits per heavy atom. The fourth-order valence-corrected chi connectivity index (χ4v) is 3.50. The largest absolute Gasteiger partial charge is 0.457 e. The van der Waals surface area contributed by atoms with Crippen molar-refractivity contribution in [2.24, 2.45) is 5.92 Å². The van der Waals surface area contributed by atoms with Crippen LogP contribution in [-0.2, 0) is 9.53 Å². The molecule has 2 aromatic carbocycles. The van der Waals surface area contributed by atoms with E-state index in [2.05, 4.69) is 5.32 Å². The molecule has 0 aliphatic carbocycles. The average Bonchev–Trinajstić information content (AvgIpc) is 3.22. The number of amides is 1. The molecule has 4 heteroatoms. The van der Waals surface area contributed by atoms with E-state index in [1.807, 2.05) is 55.5 Å². The van der Waals surface area contributed by atoms with Crippen molar-refractivity contribution in [2.45, 2.75) is 38.4 Å². The van der Waals surface area contributed by atoms with Crippen molar-refractivity contribution < 1.29 is 14.3 Å². The van der Waals surface area contributed by atoms with Crippen molar-refractivity contribution in [3.05, 3.63) is 54.1 Å². The van der Waals surface area contributed by atoms with Crippen LogP contribution < -0.4 is 10.1 Å². The van der Waals surface area contributed by atoms with Gasteiger partial charge in [-0.2, -0.15) is 0 Å². The molecule has 4 nitrogen and oxygen atoms in total. The molecule has 2 heterocycles. The Bertz CT molecular complexity index is 724. The molecule has 1 N–H and O–H groups in total. The van der Waals surface area contributed by atoms with Crippen molar-refractivity contribution in [3.8, 4) is 11.5 Å². The maximum absolute atomic E-state index is 12.4. The Kier molecular flexibility index (Phi) is 3.98. The number of rotatable bonds is 4. The highest BCUT2D eigenvalue weighted by molar-refractivity contribution is 5.93. The third-order valence-electron chi connectivity index (χ3n) is 4.82. The quantitative estimate of drug-likeness (QED) is 0.913. The van der Waals surface area contributed by atoms with Crippen LogP contribution in [0.3, 0.4) is 0 Å². The van der Waals surface area contributed by atoms with E-state index in [1.165, 1.54) is 5.56 Å². The summed E-state index contributed by atoms with van der Waals surface area (Å²) in [6, 6.07) is 15.4. The molecule has 0 radical (unpaired) electrons. The summed E-state index contributed by atoms with van der Waals surface area (Å²) >= 11 is 0. The van der Waals surface area contributed by atoms with Gasteiger partial charge >= 0.3 is 0 Å². The van der Waals surface area contributed by atoms with Gasteiger partial charge in [0.2, 0.25) is 5.91 Å². The number of nitrogens with one attached hydrogen (secondary N) is 1. The zero-order valence-electron chi connectivity index (χ0n) is 13.7. The molecule has 2 aliphatic rings. The normalized spacial score (nSPS) is 24.8. The molecular formula is C20H21NO3. The van der Waals surface area contributed by atoms with E-state index >= 15 is 0 Å². The molecule has 3 atom stereocenters. The van der Waals surface area contributed by atoms with Gasteiger partial charge in [-0.25, -0.2) is 0 Å². The van der Waals surface area contributed by atoms with Crippen LogP contribution in [0.2, 0.25) is 0 Å². The molecule has 2 fully saturated rings. The summed E-state index contributed by atoms with van der Waals surface area (Å²) in [5.74, 6) is 1.61. The Morgan fingerprint density at radius 2 is 1.71 bits per heavy atom. The highest BCUT2D eigenvalue weighted by Gasteiger charge is 2.44. The minimum absolute atomic E-state index is 0.00719. The van der Waals surface area contributed by atoms with Gasteiger partial charge in [-0.1, -0.05) is 17.7 Å². The number of anilines is 1. The van der Waals surface area contributed by atoms with Crippen LogP contribution in [0.15, 0.2) is 48.5 Å². The molecular weight excluding hydrogens is 302 g/mol. The number of ether oxygens (including phenoxy) is 2. The minimum Gasteiger partial charge on any atom is -0.457 e. The Hall–Kier alpha value is -2.33. The summed E-state index contributed by atoms with van der Waals surface area (Å²) in [4.78, 5) is 12.4. The summed E-state index contributed by atoms with van der Waals surface area (Å²) in [7, 11) is 0. The molecule has 4 rings (SSSR count). The lowest BCUT2D eigenvalue weighted by Crippen LogP contribution is -2.30. The molecule has 2 bridgehead atoms. The third kappa shape index (κ3) is 3.15. The maximum atomic E-state index is 12.4. The second-order valence-electron chi connectivity index (χ2n) is 6.64. The number of hydrogen-bond donors (Lipinski definition) is 1. The van der Waals surface area contributed by atoms with E-state index in [4.69, 9.17) is 9.47 Å². The van der Waals surface area contributed by atoms with Crippen molar-refractivity contribution in [1.29, 1.82) is 0 Å². The molecule has 2 aromatic rings. The van der Waals surface area contributed by atoms with E-state index in [9.17, 15) is 4.79 Å². The van der Waals surface area contributed by atoms with Crippen molar-refractivity contribution >= 4 is 11.6 Å². The second kappa shape index (κ2) is 6.29. The van der Waals surface area contributed by atoms with Crippen LogP contribution in [-0.4, -0.2) is 18.1 Å². The first-order valence-corrected chi connectivity index (χ1v) is 8.48. The molecule has 0 aromatic heterocycles. The summed E-state index contributed by atoms with van der Waals surface area (Å²) in [6.45, 7) is 2.04. The zero-order chi connectivity index (χ0) is 16.5. The predicted molar refractivity (Wildman–Crippen MR) is 92.3 cm³/mol. The van der Waals surface area contributed by atoms with E-state index in [0.29, 0.717) is 0 Å². The minimum atomic E-state index is -0.00719. The Morgan fingerprint density at radius 3 is 2.29 bits per heavy atom. The number of aryl methyl sites for hydroxylation is 1. The van der Waals surface area contributed by atoms with Gasteiger partial charge < -0.3 is 14.8 Å². The lowest BCUT2D eigenvalue weighted by Gasteiger charge is -2.18. The van der Waals surface area contributed by atoms with Crippen LogP contribution in [0.5, 0.6) is 11.5 Å². The molecule has 0 saturated carbocycles. The van der Waals surface area contributed by atoms with Crippen molar-refractivity contribution in [2.75, 3.05) is 5.32 Å². The topological polar surface area (TPSA) is 47.6 Å². The maximum Gasteiger partial charge on any atom is 0.230 e. The van der Waals surface area contributed by atoms with Gasteiger partial charge in [-0.05, 0) is 62.6 Å². The number of hydrogen-bond acceptors (Lipinski definition) is 3. The molecule has 1 amide bonds. The molecule has 0 spiro atoms. The predicted octanol–water partition coefficient (Wildman–Crippen LogP) is 4.29. The average molecular weight is 323 g/mol. The van der Waals surface area contributed by atoms with E-state index < -0.39 is 0 Å².